The molecule has 1 rings (SSSR count). The summed E-state index contributed by atoms with van der Waals surface area (Å²) < 4.78 is 0. The smallest absolute Gasteiger partial charge is 0.450 e. The predicted molar refractivity (Wildman–Crippen MR) is 42.7 cm³/mol. The summed E-state index contributed by atoms with van der Waals surface area (Å²) in [5.74, 6) is 0. The number of rotatable bonds is 0. The molecule has 3 nitrogen and oxygen atoms in total. The lowest BCUT2D eigenvalue weighted by atomic mass is 10.4. The van der Waals surface area contributed by atoms with E-state index in [4.69, 9.17) is 15.0 Å². The SMILES string of the molecule is C1=CC=CCC=C1.O=C(O)O. The van der Waals surface area contributed by atoms with E-state index in [0.29, 0.717) is 0 Å². The van der Waals surface area contributed by atoms with Gasteiger partial charge in [-0.15, -0.1) is 0 Å². The fourth-order valence-electron chi connectivity index (χ4n) is 0.521. The number of hydrogen-bond acceptors (Lipinski definition) is 1. The first kappa shape index (κ1) is 9.49. The molecule has 0 saturated heterocycles. The molecule has 0 aromatic rings. The summed E-state index contributed by atoms with van der Waals surface area (Å²) >= 11 is 0. The number of hydrogen-bond donors (Lipinski definition) is 2. The molecule has 11 heavy (non-hydrogen) atoms. The molecule has 2 N–H and O–H groups in total. The van der Waals surface area contributed by atoms with Crippen molar-refractivity contribution in [1.82, 2.24) is 0 Å². The Morgan fingerprint density at radius 3 is 1.73 bits per heavy atom. The molecule has 0 aromatic heterocycles. The Bertz CT molecular complexity index is 172. The standard InChI is InChI=1S/C7H8.CH2O3/c1-2-4-6-7-5-3-1;2-1(3)4/h1-6H,7H2;(H2,2,3,4). The van der Waals surface area contributed by atoms with Gasteiger partial charge < -0.3 is 10.2 Å². The van der Waals surface area contributed by atoms with Crippen molar-refractivity contribution in [1.29, 1.82) is 0 Å². The maximum atomic E-state index is 8.56. The molecular formula is C8H10O3. The topological polar surface area (TPSA) is 57.5 Å². The zero-order chi connectivity index (χ0) is 8.53. The van der Waals surface area contributed by atoms with Gasteiger partial charge >= 0.3 is 6.16 Å². The van der Waals surface area contributed by atoms with Crippen molar-refractivity contribution in [2.45, 2.75) is 6.42 Å². The number of carboxylic acid groups (broad SMARTS) is 2. The molecule has 0 radical (unpaired) electrons. The van der Waals surface area contributed by atoms with Gasteiger partial charge in [-0.05, 0) is 6.42 Å². The first-order valence-electron chi connectivity index (χ1n) is 3.13. The van der Waals surface area contributed by atoms with Crippen LogP contribution in [0.25, 0.3) is 0 Å². The van der Waals surface area contributed by atoms with Crippen LogP contribution in [0.3, 0.4) is 0 Å². The summed E-state index contributed by atoms with van der Waals surface area (Å²) in [5, 5.41) is 13.9. The van der Waals surface area contributed by atoms with Gasteiger partial charge in [-0.25, -0.2) is 4.79 Å². The van der Waals surface area contributed by atoms with Crippen molar-refractivity contribution >= 4 is 6.16 Å². The quantitative estimate of drug-likeness (QED) is 0.562. The minimum absolute atomic E-state index is 1.08. The van der Waals surface area contributed by atoms with Gasteiger partial charge in [0.05, 0.1) is 0 Å². The predicted octanol–water partition coefficient (Wildman–Crippen LogP) is 2.28. The van der Waals surface area contributed by atoms with Crippen LogP contribution in [0.2, 0.25) is 0 Å². The van der Waals surface area contributed by atoms with E-state index in [1.165, 1.54) is 0 Å². The van der Waals surface area contributed by atoms with Crippen molar-refractivity contribution < 1.29 is 15.0 Å². The third kappa shape index (κ3) is 11.9. The van der Waals surface area contributed by atoms with Gasteiger partial charge in [-0.1, -0.05) is 36.5 Å². The maximum Gasteiger partial charge on any atom is 0.503 e. The van der Waals surface area contributed by atoms with E-state index in [2.05, 4.69) is 24.3 Å². The minimum Gasteiger partial charge on any atom is -0.450 e. The first-order valence-corrected chi connectivity index (χ1v) is 3.13. The highest BCUT2D eigenvalue weighted by Gasteiger charge is 1.71. The monoisotopic (exact) mass is 154 g/mol. The fraction of sp³-hybridized carbons (Fsp3) is 0.125. The van der Waals surface area contributed by atoms with E-state index >= 15 is 0 Å². The van der Waals surface area contributed by atoms with Crippen molar-refractivity contribution in [3.05, 3.63) is 36.5 Å². The largest absolute Gasteiger partial charge is 0.503 e. The Kier molecular flexibility index (Phi) is 5.70. The summed E-state index contributed by atoms with van der Waals surface area (Å²) in [7, 11) is 0. The molecule has 0 amide bonds. The molecule has 0 fully saturated rings. The first-order chi connectivity index (χ1) is 5.23. The molecule has 0 bridgehead atoms. The van der Waals surface area contributed by atoms with Crippen LogP contribution in [0.5, 0.6) is 0 Å². The fourth-order valence-corrected chi connectivity index (χ4v) is 0.521. The van der Waals surface area contributed by atoms with Crippen LogP contribution < -0.4 is 0 Å². The van der Waals surface area contributed by atoms with Gasteiger partial charge in [0, 0.05) is 0 Å². The van der Waals surface area contributed by atoms with Gasteiger partial charge in [-0.2, -0.15) is 0 Å². The molecule has 0 aromatic carbocycles. The van der Waals surface area contributed by atoms with Crippen LogP contribution in [0.15, 0.2) is 36.5 Å². The average molecular weight is 154 g/mol. The third-order valence-electron chi connectivity index (χ3n) is 0.878. The molecule has 0 saturated carbocycles. The van der Waals surface area contributed by atoms with Crippen LogP contribution in [-0.4, -0.2) is 16.4 Å². The maximum absolute atomic E-state index is 8.56. The Morgan fingerprint density at radius 2 is 1.36 bits per heavy atom. The van der Waals surface area contributed by atoms with Crippen molar-refractivity contribution in [2.75, 3.05) is 0 Å². The van der Waals surface area contributed by atoms with Gasteiger partial charge in [-0.3, -0.25) is 0 Å². The second-order valence-electron chi connectivity index (χ2n) is 1.76. The second kappa shape index (κ2) is 6.61. The zero-order valence-electron chi connectivity index (χ0n) is 5.97. The normalized spacial score (nSPS) is 13.1. The van der Waals surface area contributed by atoms with E-state index in [9.17, 15) is 0 Å². The minimum atomic E-state index is -1.83. The van der Waals surface area contributed by atoms with E-state index in [-0.39, 0.29) is 0 Å². The lowest BCUT2D eigenvalue weighted by Crippen LogP contribution is -1.81. The zero-order valence-corrected chi connectivity index (χ0v) is 5.97. The van der Waals surface area contributed by atoms with Crippen molar-refractivity contribution in [3.63, 3.8) is 0 Å². The Hall–Kier alpha value is -1.51. The number of allylic oxidation sites excluding steroid dienone is 6. The molecule has 1 aliphatic rings. The van der Waals surface area contributed by atoms with Crippen molar-refractivity contribution in [3.8, 4) is 0 Å². The van der Waals surface area contributed by atoms with Gasteiger partial charge in [0.2, 0.25) is 0 Å². The molecule has 0 atom stereocenters. The number of carbonyl (C=O) groups is 1. The average Bonchev–Trinajstić information content (AvgIpc) is 2.13. The molecule has 1 aliphatic carbocycles. The second-order valence-corrected chi connectivity index (χ2v) is 1.76. The molecule has 0 unspecified atom stereocenters. The lowest BCUT2D eigenvalue weighted by molar-refractivity contribution is 0.137. The summed E-state index contributed by atoms with van der Waals surface area (Å²) in [6.45, 7) is 0. The van der Waals surface area contributed by atoms with Gasteiger partial charge in [0.1, 0.15) is 0 Å². The highest BCUT2D eigenvalue weighted by Crippen LogP contribution is 1.91. The third-order valence-corrected chi connectivity index (χ3v) is 0.878. The van der Waals surface area contributed by atoms with Crippen LogP contribution in [0.4, 0.5) is 4.79 Å². The van der Waals surface area contributed by atoms with Gasteiger partial charge in [0.15, 0.2) is 0 Å². The van der Waals surface area contributed by atoms with Crippen molar-refractivity contribution in [2.24, 2.45) is 0 Å². The molecule has 0 heterocycles. The summed E-state index contributed by atoms with van der Waals surface area (Å²) in [5.41, 5.74) is 0. The van der Waals surface area contributed by atoms with E-state index in [1.54, 1.807) is 0 Å². The summed E-state index contributed by atoms with van der Waals surface area (Å²) in [6, 6.07) is 0. The molecule has 3 heteroatoms. The molecule has 60 valence electrons. The molecular weight excluding hydrogens is 144 g/mol. The summed E-state index contributed by atoms with van der Waals surface area (Å²) in [4.78, 5) is 8.56. The lowest BCUT2D eigenvalue weighted by Gasteiger charge is -1.69. The molecule has 0 spiro atoms. The highest BCUT2D eigenvalue weighted by atomic mass is 16.6. The van der Waals surface area contributed by atoms with Gasteiger partial charge in [0.25, 0.3) is 0 Å². The van der Waals surface area contributed by atoms with E-state index in [1.807, 2.05) is 12.2 Å². The van der Waals surface area contributed by atoms with Crippen LogP contribution >= 0.6 is 0 Å². The van der Waals surface area contributed by atoms with Crippen LogP contribution in [0.1, 0.15) is 6.42 Å². The Morgan fingerprint density at radius 1 is 1.00 bits per heavy atom. The van der Waals surface area contributed by atoms with E-state index < -0.39 is 6.16 Å². The van der Waals surface area contributed by atoms with Crippen LogP contribution in [-0.2, 0) is 0 Å². The van der Waals surface area contributed by atoms with Crippen LogP contribution in [0, 0.1) is 0 Å². The molecule has 0 aliphatic heterocycles. The summed E-state index contributed by atoms with van der Waals surface area (Å²) in [6.07, 6.45) is 11.7. The Balaban J connectivity index is 0.000000218. The van der Waals surface area contributed by atoms with E-state index in [0.717, 1.165) is 6.42 Å². The highest BCUT2D eigenvalue weighted by molar-refractivity contribution is 5.53. The Labute approximate surface area is 65.0 Å².